The lowest BCUT2D eigenvalue weighted by atomic mass is 10.1. The molecular formula is C12H14BrNOS. The van der Waals surface area contributed by atoms with E-state index >= 15 is 0 Å². The Kier molecular flexibility index (Phi) is 3.84. The van der Waals surface area contributed by atoms with Crippen LogP contribution in [0, 0.1) is 6.92 Å². The molecule has 0 radical (unpaired) electrons. The lowest BCUT2D eigenvalue weighted by Gasteiger charge is -2.12. The first-order chi connectivity index (χ1) is 7.69. The fraction of sp³-hybridized carbons (Fsp3) is 0.333. The first kappa shape index (κ1) is 11.9. The molecule has 2 rings (SSSR count). The molecule has 1 unspecified atom stereocenters. The minimum Gasteiger partial charge on any atom is -0.469 e. The number of thiophene rings is 1. The van der Waals surface area contributed by atoms with E-state index in [4.69, 9.17) is 4.42 Å². The molecule has 0 aromatic carbocycles. The molecular weight excluding hydrogens is 286 g/mol. The normalized spacial score (nSPS) is 12.9. The molecule has 0 aliphatic rings. The summed E-state index contributed by atoms with van der Waals surface area (Å²) < 4.78 is 6.53. The van der Waals surface area contributed by atoms with Gasteiger partial charge in [0.15, 0.2) is 0 Å². The quantitative estimate of drug-likeness (QED) is 0.926. The Hall–Kier alpha value is -0.580. The van der Waals surface area contributed by atoms with E-state index in [1.807, 2.05) is 20.2 Å². The lowest BCUT2D eigenvalue weighted by molar-refractivity contribution is 0.521. The predicted molar refractivity (Wildman–Crippen MR) is 71.0 cm³/mol. The van der Waals surface area contributed by atoms with Gasteiger partial charge in [-0.2, -0.15) is 0 Å². The molecule has 86 valence electrons. The van der Waals surface area contributed by atoms with Crippen LogP contribution in [-0.2, 0) is 6.42 Å². The third-order valence-electron chi connectivity index (χ3n) is 2.54. The molecule has 0 aliphatic heterocycles. The van der Waals surface area contributed by atoms with Crippen molar-refractivity contribution in [2.45, 2.75) is 19.4 Å². The molecule has 0 spiro atoms. The fourth-order valence-electron chi connectivity index (χ4n) is 1.70. The summed E-state index contributed by atoms with van der Waals surface area (Å²) in [4.78, 5) is 1.37. The van der Waals surface area contributed by atoms with E-state index in [9.17, 15) is 0 Å². The maximum atomic E-state index is 5.34. The van der Waals surface area contributed by atoms with E-state index in [1.165, 1.54) is 14.2 Å². The van der Waals surface area contributed by atoms with Crippen molar-refractivity contribution in [3.63, 3.8) is 0 Å². The molecule has 2 aromatic heterocycles. The second kappa shape index (κ2) is 5.17. The molecule has 1 atom stereocenters. The van der Waals surface area contributed by atoms with Gasteiger partial charge in [-0.15, -0.1) is 11.3 Å². The zero-order chi connectivity index (χ0) is 11.5. The Morgan fingerprint density at radius 1 is 1.50 bits per heavy atom. The average molecular weight is 300 g/mol. The largest absolute Gasteiger partial charge is 0.469 e. The Bertz CT molecular complexity index is 463. The van der Waals surface area contributed by atoms with Crippen molar-refractivity contribution >= 4 is 27.3 Å². The van der Waals surface area contributed by atoms with Gasteiger partial charge < -0.3 is 9.73 Å². The van der Waals surface area contributed by atoms with Gasteiger partial charge in [0.05, 0.1) is 10.0 Å². The van der Waals surface area contributed by atoms with Gasteiger partial charge in [-0.1, -0.05) is 0 Å². The number of nitrogens with one attached hydrogen (secondary N) is 1. The highest BCUT2D eigenvalue weighted by atomic mass is 79.9. The van der Waals surface area contributed by atoms with Crippen molar-refractivity contribution in [2.24, 2.45) is 0 Å². The molecule has 0 aliphatic carbocycles. The SMILES string of the molecule is CNC(Cc1ccc(Br)s1)c1coc(C)c1. The number of likely N-dealkylation sites (N-methyl/N-ethyl adjacent to an activating group) is 1. The number of rotatable bonds is 4. The van der Waals surface area contributed by atoms with Crippen LogP contribution in [0.1, 0.15) is 22.2 Å². The summed E-state index contributed by atoms with van der Waals surface area (Å²) in [6.07, 6.45) is 2.82. The first-order valence-electron chi connectivity index (χ1n) is 5.15. The van der Waals surface area contributed by atoms with Crippen LogP contribution < -0.4 is 5.32 Å². The van der Waals surface area contributed by atoms with Crippen molar-refractivity contribution in [3.05, 3.63) is 44.4 Å². The molecule has 2 heterocycles. The Morgan fingerprint density at radius 2 is 2.31 bits per heavy atom. The van der Waals surface area contributed by atoms with Gasteiger partial charge in [0, 0.05) is 22.9 Å². The Balaban J connectivity index is 2.12. The summed E-state index contributed by atoms with van der Waals surface area (Å²) in [6, 6.07) is 6.66. The third kappa shape index (κ3) is 2.75. The molecule has 16 heavy (non-hydrogen) atoms. The fourth-order valence-corrected chi connectivity index (χ4v) is 3.22. The summed E-state index contributed by atoms with van der Waals surface area (Å²) in [5, 5.41) is 3.32. The third-order valence-corrected chi connectivity index (χ3v) is 4.18. The smallest absolute Gasteiger partial charge is 0.101 e. The summed E-state index contributed by atoms with van der Waals surface area (Å²) in [7, 11) is 1.98. The van der Waals surface area contributed by atoms with Gasteiger partial charge >= 0.3 is 0 Å². The van der Waals surface area contributed by atoms with Crippen LogP contribution in [-0.4, -0.2) is 7.05 Å². The van der Waals surface area contributed by atoms with Gasteiger partial charge in [0.25, 0.3) is 0 Å². The second-order valence-corrected chi connectivity index (χ2v) is 6.29. The van der Waals surface area contributed by atoms with Crippen LogP contribution in [0.4, 0.5) is 0 Å². The average Bonchev–Trinajstić information content (AvgIpc) is 2.84. The van der Waals surface area contributed by atoms with Gasteiger partial charge in [-0.05, 0) is 48.1 Å². The van der Waals surface area contributed by atoms with Crippen molar-refractivity contribution in [1.82, 2.24) is 5.32 Å². The van der Waals surface area contributed by atoms with Gasteiger partial charge in [0.2, 0.25) is 0 Å². The number of hydrogen-bond acceptors (Lipinski definition) is 3. The summed E-state index contributed by atoms with van der Waals surface area (Å²) >= 11 is 5.26. The monoisotopic (exact) mass is 299 g/mol. The molecule has 0 bridgehead atoms. The van der Waals surface area contributed by atoms with E-state index in [2.05, 4.69) is 39.4 Å². The number of halogens is 1. The summed E-state index contributed by atoms with van der Waals surface area (Å²) in [6.45, 7) is 1.97. The van der Waals surface area contributed by atoms with Crippen LogP contribution in [0.5, 0.6) is 0 Å². The maximum absolute atomic E-state index is 5.34. The zero-order valence-corrected chi connectivity index (χ0v) is 11.7. The van der Waals surface area contributed by atoms with E-state index < -0.39 is 0 Å². The van der Waals surface area contributed by atoms with Crippen LogP contribution in [0.25, 0.3) is 0 Å². The number of hydrogen-bond donors (Lipinski definition) is 1. The molecule has 0 amide bonds. The summed E-state index contributed by atoms with van der Waals surface area (Å²) in [5.41, 5.74) is 1.21. The number of aryl methyl sites for hydroxylation is 1. The van der Waals surface area contributed by atoms with Crippen molar-refractivity contribution in [3.8, 4) is 0 Å². The minimum atomic E-state index is 0.322. The predicted octanol–water partition coefficient (Wildman–Crippen LogP) is 3.92. The number of furan rings is 1. The van der Waals surface area contributed by atoms with Crippen LogP contribution in [0.3, 0.4) is 0 Å². The van der Waals surface area contributed by atoms with Gasteiger partial charge in [0.1, 0.15) is 5.76 Å². The molecule has 1 N–H and O–H groups in total. The molecule has 0 saturated heterocycles. The van der Waals surface area contributed by atoms with Crippen molar-refractivity contribution in [2.75, 3.05) is 7.05 Å². The standard InChI is InChI=1S/C12H14BrNOS/c1-8-5-9(7-15-8)11(14-2)6-10-3-4-12(13)16-10/h3-5,7,11,14H,6H2,1-2H3. The lowest BCUT2D eigenvalue weighted by Crippen LogP contribution is -2.17. The molecule has 2 aromatic rings. The minimum absolute atomic E-state index is 0.322. The highest BCUT2D eigenvalue weighted by Gasteiger charge is 2.13. The van der Waals surface area contributed by atoms with Gasteiger partial charge in [-0.25, -0.2) is 0 Å². The summed E-state index contributed by atoms with van der Waals surface area (Å²) in [5.74, 6) is 0.961. The van der Waals surface area contributed by atoms with E-state index in [0.29, 0.717) is 6.04 Å². The maximum Gasteiger partial charge on any atom is 0.101 e. The molecule has 2 nitrogen and oxygen atoms in total. The topological polar surface area (TPSA) is 25.2 Å². The zero-order valence-electron chi connectivity index (χ0n) is 9.29. The highest BCUT2D eigenvalue weighted by Crippen LogP contribution is 2.27. The first-order valence-corrected chi connectivity index (χ1v) is 6.76. The molecule has 0 fully saturated rings. The van der Waals surface area contributed by atoms with Gasteiger partial charge in [-0.3, -0.25) is 0 Å². The van der Waals surface area contributed by atoms with Crippen LogP contribution in [0.15, 0.2) is 32.7 Å². The van der Waals surface area contributed by atoms with E-state index in [0.717, 1.165) is 12.2 Å². The highest BCUT2D eigenvalue weighted by molar-refractivity contribution is 9.11. The van der Waals surface area contributed by atoms with Crippen LogP contribution in [0.2, 0.25) is 0 Å². The van der Waals surface area contributed by atoms with E-state index in [1.54, 1.807) is 11.3 Å². The van der Waals surface area contributed by atoms with Crippen LogP contribution >= 0.6 is 27.3 Å². The molecule has 0 saturated carbocycles. The Morgan fingerprint density at radius 3 is 2.81 bits per heavy atom. The van der Waals surface area contributed by atoms with E-state index in [-0.39, 0.29) is 0 Å². The second-order valence-electron chi connectivity index (χ2n) is 3.74. The molecule has 4 heteroatoms. The van der Waals surface area contributed by atoms with Crippen molar-refractivity contribution in [1.29, 1.82) is 0 Å². The van der Waals surface area contributed by atoms with Crippen molar-refractivity contribution < 1.29 is 4.42 Å². The Labute approximate surface area is 108 Å².